The molecular weight excluding hydrogens is 479 g/mol. The van der Waals surface area contributed by atoms with Gasteiger partial charge in [0.15, 0.2) is 9.84 Å². The predicted octanol–water partition coefficient (Wildman–Crippen LogP) is 5.25. The van der Waals surface area contributed by atoms with Gasteiger partial charge in [0.25, 0.3) is 0 Å². The van der Waals surface area contributed by atoms with Crippen LogP contribution in [0.15, 0.2) is 78.0 Å². The third kappa shape index (κ3) is 5.13. The van der Waals surface area contributed by atoms with Crippen molar-refractivity contribution >= 4 is 9.84 Å². The van der Waals surface area contributed by atoms with Gasteiger partial charge in [0.1, 0.15) is 11.4 Å². The number of halogens is 3. The largest absolute Gasteiger partial charge is 0.417 e. The van der Waals surface area contributed by atoms with Gasteiger partial charge >= 0.3 is 6.18 Å². The second kappa shape index (κ2) is 8.62. The third-order valence-electron chi connectivity index (χ3n) is 5.39. The summed E-state index contributed by atoms with van der Waals surface area (Å²) in [5.41, 5.74) is -0.717. The molecule has 4 aromatic rings. The Morgan fingerprint density at radius 2 is 1.69 bits per heavy atom. The van der Waals surface area contributed by atoms with Crippen molar-refractivity contribution in [3.8, 4) is 28.3 Å². The summed E-state index contributed by atoms with van der Waals surface area (Å²) in [6.45, 7) is 2.99. The topological polar surface area (TPSA) is 85.1 Å². The number of alkyl halides is 3. The molecule has 0 bridgehead atoms. The average Bonchev–Trinajstić information content (AvgIpc) is 3.24. The SMILES string of the molecule is CC(C)(O)c1cn(-c2ccc(-c3cccc(S(C)(=O)=O)c3)nc2)c(-c2ccccc2C(F)(F)F)n1. The summed E-state index contributed by atoms with van der Waals surface area (Å²) in [5, 5.41) is 10.5. The van der Waals surface area contributed by atoms with Gasteiger partial charge in [0, 0.05) is 23.6 Å². The summed E-state index contributed by atoms with van der Waals surface area (Å²) in [6.07, 6.45) is -0.557. The summed E-state index contributed by atoms with van der Waals surface area (Å²) in [4.78, 5) is 8.89. The number of aliphatic hydroxyl groups is 1. The number of imidazole rings is 1. The Balaban J connectivity index is 1.84. The van der Waals surface area contributed by atoms with Crippen molar-refractivity contribution < 1.29 is 26.7 Å². The predicted molar refractivity (Wildman–Crippen MR) is 126 cm³/mol. The number of hydrogen-bond acceptors (Lipinski definition) is 5. The molecule has 6 nitrogen and oxygen atoms in total. The first kappa shape index (κ1) is 24.6. The van der Waals surface area contributed by atoms with Crippen LogP contribution in [0.5, 0.6) is 0 Å². The first-order chi connectivity index (χ1) is 16.2. The second-order valence-corrected chi connectivity index (χ2v) is 10.6. The van der Waals surface area contributed by atoms with Gasteiger partial charge in [-0.05, 0) is 44.2 Å². The van der Waals surface area contributed by atoms with E-state index >= 15 is 0 Å². The van der Waals surface area contributed by atoms with Crippen LogP contribution in [0.25, 0.3) is 28.3 Å². The molecule has 0 aliphatic carbocycles. The lowest BCUT2D eigenvalue weighted by atomic mass is 10.1. The molecule has 0 aliphatic rings. The Labute approximate surface area is 200 Å². The molecule has 0 spiro atoms. The van der Waals surface area contributed by atoms with Crippen molar-refractivity contribution in [2.75, 3.05) is 6.26 Å². The van der Waals surface area contributed by atoms with E-state index in [2.05, 4.69) is 9.97 Å². The van der Waals surface area contributed by atoms with E-state index in [9.17, 15) is 26.7 Å². The highest BCUT2D eigenvalue weighted by atomic mass is 32.2. The Morgan fingerprint density at radius 3 is 2.29 bits per heavy atom. The molecule has 0 amide bonds. The van der Waals surface area contributed by atoms with Crippen molar-refractivity contribution in [2.24, 2.45) is 0 Å². The summed E-state index contributed by atoms with van der Waals surface area (Å²) in [6, 6.07) is 14.7. The van der Waals surface area contributed by atoms with E-state index < -0.39 is 27.2 Å². The van der Waals surface area contributed by atoms with Gasteiger partial charge in [-0.3, -0.25) is 9.55 Å². The molecule has 0 fully saturated rings. The van der Waals surface area contributed by atoms with E-state index in [-0.39, 0.29) is 22.0 Å². The van der Waals surface area contributed by atoms with Gasteiger partial charge in [0.05, 0.1) is 33.7 Å². The zero-order valence-corrected chi connectivity index (χ0v) is 19.9. The standard InChI is InChI=1S/C25H22F3N3O3S/c1-24(2,32)22-15-31(23(30-22)19-9-4-5-10-20(19)25(26,27)28)17-11-12-21(29-14-17)16-7-6-8-18(13-16)35(3,33)34/h4-15,32H,1-3H3. The Morgan fingerprint density at radius 1 is 0.971 bits per heavy atom. The Bertz CT molecular complexity index is 1490. The van der Waals surface area contributed by atoms with Crippen molar-refractivity contribution in [3.05, 3.63) is 84.3 Å². The minimum absolute atomic E-state index is 0.00340. The molecule has 2 aromatic carbocycles. The molecule has 0 saturated heterocycles. The lowest BCUT2D eigenvalue weighted by Gasteiger charge is -2.14. The van der Waals surface area contributed by atoms with E-state index in [1.165, 1.54) is 61.1 Å². The number of rotatable bonds is 5. The summed E-state index contributed by atoms with van der Waals surface area (Å²) in [7, 11) is -3.40. The minimum Gasteiger partial charge on any atom is -0.384 e. The van der Waals surface area contributed by atoms with Crippen LogP contribution < -0.4 is 0 Å². The van der Waals surface area contributed by atoms with Crippen LogP contribution in [0.4, 0.5) is 13.2 Å². The second-order valence-electron chi connectivity index (χ2n) is 8.62. The van der Waals surface area contributed by atoms with Gasteiger partial charge in [-0.1, -0.05) is 30.3 Å². The van der Waals surface area contributed by atoms with Crippen LogP contribution in [0.3, 0.4) is 0 Å². The maximum Gasteiger partial charge on any atom is 0.417 e. The maximum absolute atomic E-state index is 13.7. The molecule has 2 aromatic heterocycles. The highest BCUT2D eigenvalue weighted by Gasteiger charge is 2.35. The fraction of sp³-hybridized carbons (Fsp3) is 0.200. The van der Waals surface area contributed by atoms with Gasteiger partial charge in [0.2, 0.25) is 0 Å². The number of benzene rings is 2. The van der Waals surface area contributed by atoms with E-state index in [0.717, 1.165) is 12.3 Å². The number of pyridine rings is 1. The van der Waals surface area contributed by atoms with E-state index in [0.29, 0.717) is 16.9 Å². The van der Waals surface area contributed by atoms with Crippen molar-refractivity contribution in [2.45, 2.75) is 30.5 Å². The van der Waals surface area contributed by atoms with E-state index in [1.807, 2.05) is 0 Å². The smallest absolute Gasteiger partial charge is 0.384 e. The molecule has 0 radical (unpaired) electrons. The molecule has 10 heteroatoms. The molecular formula is C25H22F3N3O3S. The highest BCUT2D eigenvalue weighted by molar-refractivity contribution is 7.90. The highest BCUT2D eigenvalue weighted by Crippen LogP contribution is 2.38. The monoisotopic (exact) mass is 501 g/mol. The summed E-state index contributed by atoms with van der Waals surface area (Å²) in [5.74, 6) is 0.00340. The molecule has 0 unspecified atom stereocenters. The van der Waals surface area contributed by atoms with Crippen LogP contribution in [-0.4, -0.2) is 34.3 Å². The molecule has 182 valence electrons. The molecule has 4 rings (SSSR count). The van der Waals surface area contributed by atoms with Crippen LogP contribution >= 0.6 is 0 Å². The van der Waals surface area contributed by atoms with E-state index in [4.69, 9.17) is 0 Å². The van der Waals surface area contributed by atoms with Gasteiger partial charge in [-0.15, -0.1) is 0 Å². The number of aromatic nitrogens is 3. The number of hydrogen-bond donors (Lipinski definition) is 1. The maximum atomic E-state index is 13.7. The van der Waals surface area contributed by atoms with Crippen LogP contribution in [0, 0.1) is 0 Å². The number of sulfone groups is 1. The van der Waals surface area contributed by atoms with Crippen molar-refractivity contribution in [1.82, 2.24) is 14.5 Å². The van der Waals surface area contributed by atoms with Crippen molar-refractivity contribution in [3.63, 3.8) is 0 Å². The third-order valence-corrected chi connectivity index (χ3v) is 6.50. The molecule has 35 heavy (non-hydrogen) atoms. The van der Waals surface area contributed by atoms with E-state index in [1.54, 1.807) is 24.3 Å². The molecule has 2 heterocycles. The minimum atomic E-state index is -4.60. The normalized spacial score (nSPS) is 12.7. The Hall–Kier alpha value is -3.50. The lowest BCUT2D eigenvalue weighted by molar-refractivity contribution is -0.137. The zero-order chi connectivity index (χ0) is 25.6. The Kier molecular flexibility index (Phi) is 6.06. The van der Waals surface area contributed by atoms with Gasteiger partial charge < -0.3 is 5.11 Å². The first-order valence-corrected chi connectivity index (χ1v) is 12.4. The fourth-order valence-electron chi connectivity index (χ4n) is 3.57. The fourth-order valence-corrected chi connectivity index (χ4v) is 4.24. The molecule has 0 atom stereocenters. The number of nitrogens with zero attached hydrogens (tertiary/aromatic N) is 3. The molecule has 0 aliphatic heterocycles. The lowest BCUT2D eigenvalue weighted by Crippen LogP contribution is -2.15. The molecule has 1 N–H and O–H groups in total. The zero-order valence-electron chi connectivity index (χ0n) is 19.1. The van der Waals surface area contributed by atoms with Gasteiger partial charge in [-0.25, -0.2) is 13.4 Å². The summed E-state index contributed by atoms with van der Waals surface area (Å²) >= 11 is 0. The molecule has 0 saturated carbocycles. The van der Waals surface area contributed by atoms with Crippen LogP contribution in [-0.2, 0) is 21.6 Å². The summed E-state index contributed by atoms with van der Waals surface area (Å²) < 4.78 is 66.4. The van der Waals surface area contributed by atoms with Gasteiger partial charge in [-0.2, -0.15) is 13.2 Å². The van der Waals surface area contributed by atoms with Crippen molar-refractivity contribution in [1.29, 1.82) is 0 Å². The quantitative estimate of drug-likeness (QED) is 0.404. The first-order valence-electron chi connectivity index (χ1n) is 10.5. The van der Waals surface area contributed by atoms with Crippen LogP contribution in [0.1, 0.15) is 25.1 Å². The van der Waals surface area contributed by atoms with Crippen LogP contribution in [0.2, 0.25) is 0 Å². The average molecular weight is 502 g/mol.